The van der Waals surface area contributed by atoms with Gasteiger partial charge in [-0.25, -0.2) is 0 Å². The molecule has 4 heteroatoms. The summed E-state index contributed by atoms with van der Waals surface area (Å²) in [5, 5.41) is 20.7. The van der Waals surface area contributed by atoms with E-state index in [2.05, 4.69) is 39.0 Å². The fraction of sp³-hybridized carbons (Fsp3) is 0.407. The van der Waals surface area contributed by atoms with Gasteiger partial charge in [-0.3, -0.25) is 4.79 Å². The molecule has 1 aliphatic carbocycles. The summed E-state index contributed by atoms with van der Waals surface area (Å²) < 4.78 is 6.24. The van der Waals surface area contributed by atoms with Gasteiger partial charge in [0.1, 0.15) is 5.76 Å². The van der Waals surface area contributed by atoms with Gasteiger partial charge in [-0.2, -0.15) is 5.26 Å². The first kappa shape index (κ1) is 20.0. The number of Topliss-reactive ketones (excluding diaryl/α,β-unsaturated/α-hetero) is 1. The first-order chi connectivity index (χ1) is 15.0. The first-order valence-corrected chi connectivity index (χ1v) is 11.2. The number of allylic oxidation sites excluding steroid dienone is 1. The molecule has 2 heterocycles. The smallest absolute Gasteiger partial charge is 0.173 e. The highest BCUT2D eigenvalue weighted by Crippen LogP contribution is 2.58. The number of hydrogen-bond donors (Lipinski definition) is 1. The van der Waals surface area contributed by atoms with Crippen LogP contribution < -0.4 is 0 Å². The van der Waals surface area contributed by atoms with Crippen LogP contribution in [0, 0.1) is 30.1 Å². The molecule has 0 unspecified atom stereocenters. The normalized spacial score (nSPS) is 28.8. The lowest BCUT2D eigenvalue weighted by Gasteiger charge is -2.27. The number of fused-ring (bicyclic) bond motifs is 5. The summed E-state index contributed by atoms with van der Waals surface area (Å²) in [5.41, 5.74) is 6.57. The van der Waals surface area contributed by atoms with Crippen LogP contribution in [0.4, 0.5) is 0 Å². The van der Waals surface area contributed by atoms with Crippen LogP contribution in [-0.4, -0.2) is 23.1 Å². The van der Waals surface area contributed by atoms with Crippen LogP contribution in [0.1, 0.15) is 59.6 Å². The van der Waals surface area contributed by atoms with E-state index >= 15 is 0 Å². The maximum absolute atomic E-state index is 13.6. The molecule has 4 nitrogen and oxygen atoms in total. The van der Waals surface area contributed by atoms with Crippen LogP contribution in [-0.2, 0) is 22.4 Å². The molecular formula is C27H27NO3. The summed E-state index contributed by atoms with van der Waals surface area (Å²) >= 11 is 0. The second kappa shape index (κ2) is 7.35. The predicted molar refractivity (Wildman–Crippen MR) is 119 cm³/mol. The van der Waals surface area contributed by atoms with Crippen molar-refractivity contribution in [1.82, 2.24) is 0 Å². The van der Waals surface area contributed by atoms with Crippen molar-refractivity contribution >= 4 is 11.4 Å². The number of aliphatic hydroxyl groups excluding tert-OH is 1. The maximum atomic E-state index is 13.6. The number of benzene rings is 2. The van der Waals surface area contributed by atoms with Crippen molar-refractivity contribution in [3.8, 4) is 6.07 Å². The molecule has 3 aliphatic rings. The summed E-state index contributed by atoms with van der Waals surface area (Å²) in [6.07, 6.45) is 1.97. The van der Waals surface area contributed by atoms with E-state index in [9.17, 15) is 15.2 Å². The van der Waals surface area contributed by atoms with Gasteiger partial charge in [0.2, 0.25) is 0 Å². The molecule has 0 spiro atoms. The van der Waals surface area contributed by atoms with E-state index in [0.29, 0.717) is 11.1 Å². The van der Waals surface area contributed by atoms with Crippen LogP contribution in [0.15, 0.2) is 42.2 Å². The Hall–Kier alpha value is -2.90. The Bertz CT molecular complexity index is 1130. The van der Waals surface area contributed by atoms with Gasteiger partial charge in [0.25, 0.3) is 0 Å². The number of rotatable bonds is 4. The van der Waals surface area contributed by atoms with E-state index in [0.717, 1.165) is 41.5 Å². The van der Waals surface area contributed by atoms with Gasteiger partial charge in [-0.15, -0.1) is 0 Å². The van der Waals surface area contributed by atoms with E-state index in [1.54, 1.807) is 6.07 Å². The number of ketones is 1. The summed E-state index contributed by atoms with van der Waals surface area (Å²) in [6.45, 7) is 6.27. The maximum Gasteiger partial charge on any atom is 0.173 e. The Kier molecular flexibility index (Phi) is 4.75. The summed E-state index contributed by atoms with van der Waals surface area (Å²) in [7, 11) is 0. The van der Waals surface area contributed by atoms with E-state index in [-0.39, 0.29) is 41.5 Å². The molecule has 2 bridgehead atoms. The zero-order chi connectivity index (χ0) is 21.9. The van der Waals surface area contributed by atoms with Gasteiger partial charge in [-0.1, -0.05) is 43.7 Å². The number of nitrogens with zero attached hydrogens (tertiary/aromatic N) is 1. The van der Waals surface area contributed by atoms with Crippen LogP contribution in [0.25, 0.3) is 5.57 Å². The lowest BCUT2D eigenvalue weighted by Crippen LogP contribution is -2.33. The van der Waals surface area contributed by atoms with Gasteiger partial charge in [0, 0.05) is 5.92 Å². The highest BCUT2D eigenvalue weighted by atomic mass is 16.5. The van der Waals surface area contributed by atoms with E-state index in [4.69, 9.17) is 4.74 Å². The number of aryl methyl sites for hydroxylation is 3. The molecule has 5 atom stereocenters. The molecule has 1 N–H and O–H groups in total. The van der Waals surface area contributed by atoms with Crippen molar-refractivity contribution in [2.75, 3.05) is 0 Å². The SMILES string of the molecule is CCc1cc(C)cc(CC)c1C1=C(O)[C@@H]2[C@@H]3O[C@@H](C[C@H]3c3cccc(C#N)c3)[C@@H]2C1=O. The van der Waals surface area contributed by atoms with Crippen molar-refractivity contribution in [1.29, 1.82) is 5.26 Å². The van der Waals surface area contributed by atoms with Crippen molar-refractivity contribution in [3.63, 3.8) is 0 Å². The van der Waals surface area contributed by atoms with Crippen LogP contribution in [0.5, 0.6) is 0 Å². The Morgan fingerprint density at radius 1 is 1.13 bits per heavy atom. The summed E-state index contributed by atoms with van der Waals surface area (Å²) in [6, 6.07) is 14.1. The largest absolute Gasteiger partial charge is 0.511 e. The molecule has 0 radical (unpaired) electrons. The summed E-state index contributed by atoms with van der Waals surface area (Å²) in [4.78, 5) is 13.6. The highest BCUT2D eigenvalue weighted by molar-refractivity contribution is 6.26. The highest BCUT2D eigenvalue weighted by Gasteiger charge is 2.62. The second-order valence-corrected chi connectivity index (χ2v) is 9.06. The molecule has 31 heavy (non-hydrogen) atoms. The predicted octanol–water partition coefficient (Wildman–Crippen LogP) is 5.03. The van der Waals surface area contributed by atoms with E-state index in [1.165, 1.54) is 5.56 Å². The Labute approximate surface area is 183 Å². The average Bonchev–Trinajstić information content (AvgIpc) is 3.45. The van der Waals surface area contributed by atoms with Gasteiger partial charge in [0.05, 0.1) is 41.2 Å². The fourth-order valence-corrected chi connectivity index (χ4v) is 6.09. The van der Waals surface area contributed by atoms with E-state index < -0.39 is 0 Å². The third-order valence-electron chi connectivity index (χ3n) is 7.38. The number of ether oxygens (including phenoxy) is 1. The number of hydrogen-bond acceptors (Lipinski definition) is 4. The lowest BCUT2D eigenvalue weighted by atomic mass is 9.72. The molecule has 2 fully saturated rings. The zero-order valence-corrected chi connectivity index (χ0v) is 18.2. The van der Waals surface area contributed by atoms with Crippen molar-refractivity contribution in [3.05, 3.63) is 75.5 Å². The van der Waals surface area contributed by atoms with E-state index in [1.807, 2.05) is 18.2 Å². The lowest BCUT2D eigenvalue weighted by molar-refractivity contribution is -0.118. The molecule has 2 aromatic rings. The molecule has 5 rings (SSSR count). The van der Waals surface area contributed by atoms with Gasteiger partial charge >= 0.3 is 0 Å². The molecule has 2 saturated heterocycles. The fourth-order valence-electron chi connectivity index (χ4n) is 6.09. The Morgan fingerprint density at radius 2 is 1.84 bits per heavy atom. The molecular weight excluding hydrogens is 386 g/mol. The number of carbonyl (C=O) groups excluding carboxylic acids is 1. The van der Waals surface area contributed by atoms with Gasteiger partial charge in [0.15, 0.2) is 5.78 Å². The third-order valence-corrected chi connectivity index (χ3v) is 7.38. The topological polar surface area (TPSA) is 70.3 Å². The van der Waals surface area contributed by atoms with Crippen molar-refractivity contribution < 1.29 is 14.6 Å². The standard InChI is InChI=1S/C27H27NO3/c1-4-16-9-14(3)10-17(5-2)21(16)23-25(29)22-20-12-19(27(31-20)24(22)26(23)30)18-8-6-7-15(11-18)13-28/h6-11,19-20,22,24,27,30H,4-5,12H2,1-3H3/t19-,20-,22-,24+,27+/m0/s1. The Morgan fingerprint density at radius 3 is 2.48 bits per heavy atom. The minimum Gasteiger partial charge on any atom is -0.511 e. The average molecular weight is 414 g/mol. The molecule has 0 aromatic heterocycles. The van der Waals surface area contributed by atoms with Crippen LogP contribution in [0.3, 0.4) is 0 Å². The van der Waals surface area contributed by atoms with Gasteiger partial charge in [-0.05, 0) is 60.6 Å². The number of nitriles is 1. The molecule has 2 aromatic carbocycles. The summed E-state index contributed by atoms with van der Waals surface area (Å²) in [5.74, 6) is -0.272. The second-order valence-electron chi connectivity index (χ2n) is 9.06. The number of aliphatic hydroxyl groups is 1. The van der Waals surface area contributed by atoms with Crippen LogP contribution >= 0.6 is 0 Å². The van der Waals surface area contributed by atoms with Crippen molar-refractivity contribution in [2.24, 2.45) is 11.8 Å². The molecule has 2 aliphatic heterocycles. The number of carbonyl (C=O) groups is 1. The first-order valence-electron chi connectivity index (χ1n) is 11.2. The Balaban J connectivity index is 1.59. The monoisotopic (exact) mass is 413 g/mol. The van der Waals surface area contributed by atoms with Crippen molar-refractivity contribution in [2.45, 2.75) is 58.2 Å². The molecule has 0 amide bonds. The zero-order valence-electron chi connectivity index (χ0n) is 18.2. The minimum atomic E-state index is -0.300. The van der Waals surface area contributed by atoms with Gasteiger partial charge < -0.3 is 9.84 Å². The quantitative estimate of drug-likeness (QED) is 0.763. The molecule has 0 saturated carbocycles. The minimum absolute atomic E-state index is 0.0347. The molecule has 158 valence electrons. The van der Waals surface area contributed by atoms with Crippen LogP contribution in [0.2, 0.25) is 0 Å². The third kappa shape index (κ3) is 2.87.